The molecule has 4 atom stereocenters. The molecular weight excluding hydrogens is 485 g/mol. The van der Waals surface area contributed by atoms with Gasteiger partial charge in [0, 0.05) is 34.6 Å². The lowest BCUT2D eigenvalue weighted by atomic mass is 9.67. The van der Waals surface area contributed by atoms with Crippen LogP contribution in [0.2, 0.25) is 5.04 Å². The SMILES string of the molecule is C=CC[C@H](C[C@H]1C(C)=CC[C@H](C(C)C)[C@H]1CO)O[Si](Cc1cccs1)(Cc1cccs1)C(C)(C)C. The smallest absolute Gasteiger partial charge is 0.208 e. The molecule has 0 fully saturated rings. The Morgan fingerprint density at radius 1 is 1.14 bits per heavy atom. The summed E-state index contributed by atoms with van der Waals surface area (Å²) < 4.78 is 7.50. The van der Waals surface area contributed by atoms with E-state index in [1.807, 2.05) is 28.7 Å². The summed E-state index contributed by atoms with van der Waals surface area (Å²) in [6, 6.07) is 11.0. The van der Waals surface area contributed by atoms with Crippen LogP contribution in [-0.4, -0.2) is 26.1 Å². The summed E-state index contributed by atoms with van der Waals surface area (Å²) in [7, 11) is -2.29. The number of allylic oxidation sites excluding steroid dienone is 2. The standard InChI is InChI=1S/C30H46O2S2Si/c1-8-11-24(18-28-23(4)14-15-27(22(2)3)29(28)19-31)32-35(30(5,6)7,20-25-12-9-16-33-25)21-26-13-10-17-34-26/h8-10,12-14,16-17,22,24,27-29,31H,1,11,15,18-21H2,2-7H3/t24-,27-,28+,29-/m1/s1. The summed E-state index contributed by atoms with van der Waals surface area (Å²) in [5.41, 5.74) is 1.43. The van der Waals surface area contributed by atoms with Gasteiger partial charge >= 0.3 is 0 Å². The molecule has 5 heteroatoms. The van der Waals surface area contributed by atoms with E-state index in [4.69, 9.17) is 4.43 Å². The molecule has 2 nitrogen and oxygen atoms in total. The minimum atomic E-state index is -2.29. The number of hydrogen-bond acceptors (Lipinski definition) is 4. The molecule has 2 aromatic heterocycles. The molecule has 0 aromatic carbocycles. The van der Waals surface area contributed by atoms with Gasteiger partial charge in [-0.2, -0.15) is 0 Å². The van der Waals surface area contributed by atoms with Crippen LogP contribution in [0.3, 0.4) is 0 Å². The molecule has 0 unspecified atom stereocenters. The second-order valence-corrected chi connectivity index (χ2v) is 18.3. The number of thiophene rings is 2. The molecule has 0 bridgehead atoms. The Bertz CT molecular complexity index is 888. The van der Waals surface area contributed by atoms with Crippen molar-refractivity contribution in [3.05, 3.63) is 69.1 Å². The Hall–Kier alpha value is -0.983. The molecule has 0 aliphatic heterocycles. The fraction of sp³-hybridized carbons (Fsp3) is 0.600. The monoisotopic (exact) mass is 530 g/mol. The van der Waals surface area contributed by atoms with Gasteiger partial charge in [-0.15, -0.1) is 29.3 Å². The second-order valence-electron chi connectivity index (χ2n) is 11.8. The van der Waals surface area contributed by atoms with Gasteiger partial charge < -0.3 is 9.53 Å². The van der Waals surface area contributed by atoms with Crippen molar-refractivity contribution in [3.8, 4) is 0 Å². The number of rotatable bonds is 12. The Balaban J connectivity index is 1.96. The molecule has 2 aromatic rings. The fourth-order valence-electron chi connectivity index (χ4n) is 5.90. The maximum atomic E-state index is 10.5. The highest BCUT2D eigenvalue weighted by Gasteiger charge is 2.49. The molecule has 1 aliphatic rings. The van der Waals surface area contributed by atoms with E-state index in [9.17, 15) is 5.11 Å². The van der Waals surface area contributed by atoms with E-state index < -0.39 is 8.32 Å². The van der Waals surface area contributed by atoms with E-state index in [1.54, 1.807) is 0 Å². The summed E-state index contributed by atoms with van der Waals surface area (Å²) in [4.78, 5) is 2.87. The van der Waals surface area contributed by atoms with Crippen molar-refractivity contribution in [2.45, 2.75) is 84.0 Å². The Labute approximate surface area is 223 Å². The van der Waals surface area contributed by atoms with Gasteiger partial charge in [-0.1, -0.05) is 64.5 Å². The van der Waals surface area contributed by atoms with E-state index in [0.29, 0.717) is 23.7 Å². The summed E-state index contributed by atoms with van der Waals surface area (Å²) in [6.07, 6.45) is 7.48. The zero-order valence-electron chi connectivity index (χ0n) is 22.6. The van der Waals surface area contributed by atoms with Crippen molar-refractivity contribution in [1.29, 1.82) is 0 Å². The van der Waals surface area contributed by atoms with Crippen LogP contribution in [0.4, 0.5) is 0 Å². The van der Waals surface area contributed by atoms with Gasteiger partial charge in [0.2, 0.25) is 8.32 Å². The lowest BCUT2D eigenvalue weighted by Gasteiger charge is -2.46. The Morgan fingerprint density at radius 2 is 1.74 bits per heavy atom. The van der Waals surface area contributed by atoms with Crippen LogP contribution < -0.4 is 0 Å². The first-order chi connectivity index (χ1) is 16.6. The second kappa shape index (κ2) is 12.5. The maximum Gasteiger partial charge on any atom is 0.208 e. The van der Waals surface area contributed by atoms with Crippen molar-refractivity contribution < 1.29 is 9.53 Å². The molecule has 0 amide bonds. The first-order valence-electron chi connectivity index (χ1n) is 13.2. The van der Waals surface area contributed by atoms with E-state index in [2.05, 4.69) is 89.2 Å². The lowest BCUT2D eigenvalue weighted by molar-refractivity contribution is 0.0675. The Morgan fingerprint density at radius 3 is 2.17 bits per heavy atom. The molecular formula is C30H46O2S2Si. The van der Waals surface area contributed by atoms with Crippen LogP contribution in [0, 0.1) is 23.7 Å². The molecule has 2 heterocycles. The molecule has 194 valence electrons. The highest BCUT2D eigenvalue weighted by molar-refractivity contribution is 7.11. The van der Waals surface area contributed by atoms with E-state index in [1.165, 1.54) is 15.3 Å². The molecule has 3 rings (SSSR count). The van der Waals surface area contributed by atoms with Crippen LogP contribution in [0.15, 0.2) is 59.3 Å². The molecule has 1 aliphatic carbocycles. The van der Waals surface area contributed by atoms with Crippen molar-refractivity contribution in [2.75, 3.05) is 6.61 Å². The zero-order chi connectivity index (χ0) is 25.6. The summed E-state index contributed by atoms with van der Waals surface area (Å²) >= 11 is 3.72. The molecule has 0 spiro atoms. The lowest BCUT2D eigenvalue weighted by Crippen LogP contribution is -2.54. The highest BCUT2D eigenvalue weighted by atomic mass is 32.1. The topological polar surface area (TPSA) is 29.5 Å². The van der Waals surface area contributed by atoms with Crippen molar-refractivity contribution in [3.63, 3.8) is 0 Å². The predicted octanol–water partition coefficient (Wildman–Crippen LogP) is 8.62. The van der Waals surface area contributed by atoms with Gasteiger partial charge in [-0.05, 0) is 77.8 Å². The molecule has 0 saturated carbocycles. The van der Waals surface area contributed by atoms with Crippen molar-refractivity contribution in [2.24, 2.45) is 23.7 Å². The summed E-state index contributed by atoms with van der Waals surface area (Å²) in [5, 5.41) is 14.9. The largest absolute Gasteiger partial charge is 0.412 e. The highest BCUT2D eigenvalue weighted by Crippen LogP contribution is 2.46. The van der Waals surface area contributed by atoms with Crippen LogP contribution in [0.25, 0.3) is 0 Å². The molecule has 1 N–H and O–H groups in total. The first-order valence-corrected chi connectivity index (χ1v) is 17.3. The maximum absolute atomic E-state index is 10.5. The molecule has 35 heavy (non-hydrogen) atoms. The van der Waals surface area contributed by atoms with Gasteiger partial charge in [0.05, 0.1) is 0 Å². The van der Waals surface area contributed by atoms with E-state index >= 15 is 0 Å². The minimum Gasteiger partial charge on any atom is -0.412 e. The normalized spacial score (nSPS) is 22.3. The third-order valence-corrected chi connectivity index (χ3v) is 15.9. The van der Waals surface area contributed by atoms with Gasteiger partial charge in [0.25, 0.3) is 0 Å². The third kappa shape index (κ3) is 7.07. The van der Waals surface area contributed by atoms with Crippen molar-refractivity contribution in [1.82, 2.24) is 0 Å². The van der Waals surface area contributed by atoms with Crippen molar-refractivity contribution >= 4 is 31.0 Å². The van der Waals surface area contributed by atoms with E-state index in [-0.39, 0.29) is 17.7 Å². The van der Waals surface area contributed by atoms with Crippen LogP contribution in [0.1, 0.15) is 70.6 Å². The first kappa shape index (κ1) is 28.6. The number of aliphatic hydroxyl groups excluding tert-OH is 1. The zero-order valence-corrected chi connectivity index (χ0v) is 25.3. The van der Waals surface area contributed by atoms with Crippen LogP contribution in [0.5, 0.6) is 0 Å². The van der Waals surface area contributed by atoms with Gasteiger partial charge in [0.1, 0.15) is 0 Å². The fourth-order valence-corrected chi connectivity index (χ4v) is 12.8. The van der Waals surface area contributed by atoms with Gasteiger partial charge in [0.15, 0.2) is 0 Å². The minimum absolute atomic E-state index is 0.0781. The predicted molar refractivity (Wildman–Crippen MR) is 157 cm³/mol. The van der Waals surface area contributed by atoms with Crippen LogP contribution >= 0.6 is 22.7 Å². The average Bonchev–Trinajstić information content (AvgIpc) is 3.48. The van der Waals surface area contributed by atoms with Gasteiger partial charge in [-0.25, -0.2) is 0 Å². The Kier molecular flexibility index (Phi) is 10.2. The third-order valence-electron chi connectivity index (χ3n) is 8.22. The average molecular weight is 531 g/mol. The quantitative estimate of drug-likeness (QED) is 0.220. The van der Waals surface area contributed by atoms with Gasteiger partial charge in [-0.3, -0.25) is 0 Å². The number of aliphatic hydroxyl groups is 1. The molecule has 0 radical (unpaired) electrons. The molecule has 0 saturated heterocycles. The summed E-state index contributed by atoms with van der Waals surface area (Å²) in [6.45, 7) is 18.4. The summed E-state index contributed by atoms with van der Waals surface area (Å²) in [5.74, 6) is 1.76. The van der Waals surface area contributed by atoms with E-state index in [0.717, 1.165) is 31.4 Å². The number of hydrogen-bond donors (Lipinski definition) is 1. The van der Waals surface area contributed by atoms with Crippen LogP contribution in [-0.2, 0) is 16.5 Å².